The van der Waals surface area contributed by atoms with E-state index in [4.69, 9.17) is 4.74 Å². The average Bonchev–Trinajstić information content (AvgIpc) is 2.68. The van der Waals surface area contributed by atoms with E-state index in [0.717, 1.165) is 38.5 Å². The molecule has 0 saturated carbocycles. The second-order valence-electron chi connectivity index (χ2n) is 7.38. The molecule has 2 N–H and O–H groups in total. The number of aliphatic hydroxyl groups excluding tert-OH is 1. The van der Waals surface area contributed by atoms with E-state index in [0.29, 0.717) is 12.4 Å². The standard InChI is InChI=1S/C20H29N5O3/c1-23(2)14-17(26)15-28-18-5-3-16(4-6-18)13-24-9-11-25(12-10-24)19-20(27)22-8-7-21-19/h3-8,17,26H,9-15H2,1-2H3,(H,22,27)/t17-/m1/s1. The minimum Gasteiger partial charge on any atom is -0.491 e. The molecule has 2 aromatic rings. The van der Waals surface area contributed by atoms with Crippen LogP contribution in [0.4, 0.5) is 5.82 Å². The van der Waals surface area contributed by atoms with Gasteiger partial charge in [0.25, 0.3) is 5.56 Å². The lowest BCUT2D eigenvalue weighted by atomic mass is 10.2. The smallest absolute Gasteiger partial charge is 0.290 e. The molecule has 1 aromatic heterocycles. The number of H-pyrrole nitrogens is 1. The van der Waals surface area contributed by atoms with Gasteiger partial charge in [0.2, 0.25) is 0 Å². The molecule has 0 radical (unpaired) electrons. The Bertz CT molecular complexity index is 785. The van der Waals surface area contributed by atoms with Crippen molar-refractivity contribution in [2.24, 2.45) is 0 Å². The Labute approximate surface area is 165 Å². The molecule has 1 aliphatic rings. The van der Waals surface area contributed by atoms with E-state index in [-0.39, 0.29) is 12.2 Å². The summed E-state index contributed by atoms with van der Waals surface area (Å²) in [7, 11) is 3.85. The zero-order valence-electron chi connectivity index (χ0n) is 16.5. The zero-order chi connectivity index (χ0) is 19.9. The van der Waals surface area contributed by atoms with Gasteiger partial charge >= 0.3 is 0 Å². The molecule has 0 aliphatic carbocycles. The number of likely N-dealkylation sites (N-methyl/N-ethyl adjacent to an activating group) is 1. The van der Waals surface area contributed by atoms with Crippen LogP contribution in [0.1, 0.15) is 5.56 Å². The molecule has 1 aliphatic heterocycles. The number of hydrogen-bond acceptors (Lipinski definition) is 7. The van der Waals surface area contributed by atoms with Gasteiger partial charge < -0.3 is 24.6 Å². The Kier molecular flexibility index (Phi) is 7.02. The Balaban J connectivity index is 1.45. The normalized spacial score (nSPS) is 16.4. The summed E-state index contributed by atoms with van der Waals surface area (Å²) < 4.78 is 5.65. The predicted molar refractivity (Wildman–Crippen MR) is 109 cm³/mol. The SMILES string of the molecule is CN(C)C[C@@H](O)COc1ccc(CN2CCN(c3ncc[nH]c3=O)CC2)cc1. The fourth-order valence-corrected chi connectivity index (χ4v) is 3.30. The van der Waals surface area contributed by atoms with Crippen LogP contribution in [-0.2, 0) is 6.54 Å². The van der Waals surface area contributed by atoms with Gasteiger partial charge in [0.1, 0.15) is 18.5 Å². The molecule has 28 heavy (non-hydrogen) atoms. The van der Waals surface area contributed by atoms with Crippen molar-refractivity contribution in [1.29, 1.82) is 0 Å². The number of nitrogens with one attached hydrogen (secondary N) is 1. The van der Waals surface area contributed by atoms with E-state index in [2.05, 4.69) is 27.0 Å². The van der Waals surface area contributed by atoms with Crippen molar-refractivity contribution in [2.45, 2.75) is 12.6 Å². The number of aliphatic hydroxyl groups is 1. The maximum absolute atomic E-state index is 11.9. The quantitative estimate of drug-likeness (QED) is 0.678. The highest BCUT2D eigenvalue weighted by Crippen LogP contribution is 2.16. The third-order valence-corrected chi connectivity index (χ3v) is 4.71. The Morgan fingerprint density at radius 3 is 2.57 bits per heavy atom. The second kappa shape index (κ2) is 9.68. The topological polar surface area (TPSA) is 84.9 Å². The Hall–Kier alpha value is -2.42. The number of rotatable bonds is 8. The van der Waals surface area contributed by atoms with Crippen molar-refractivity contribution < 1.29 is 9.84 Å². The molecule has 2 heterocycles. The molecule has 8 heteroatoms. The molecule has 3 rings (SSSR count). The number of anilines is 1. The predicted octanol–water partition coefficient (Wildman–Crippen LogP) is 0.393. The maximum atomic E-state index is 11.9. The highest BCUT2D eigenvalue weighted by molar-refractivity contribution is 5.36. The Morgan fingerprint density at radius 2 is 1.93 bits per heavy atom. The van der Waals surface area contributed by atoms with Crippen molar-refractivity contribution in [3.63, 3.8) is 0 Å². The summed E-state index contributed by atoms with van der Waals surface area (Å²) in [6.07, 6.45) is 2.67. The van der Waals surface area contributed by atoms with Gasteiger partial charge in [0.05, 0.1) is 0 Å². The molecule has 1 fully saturated rings. The van der Waals surface area contributed by atoms with Crippen molar-refractivity contribution in [2.75, 3.05) is 58.3 Å². The van der Waals surface area contributed by atoms with Crippen LogP contribution in [0.2, 0.25) is 0 Å². The molecule has 0 amide bonds. The first-order valence-corrected chi connectivity index (χ1v) is 9.57. The summed E-state index contributed by atoms with van der Waals surface area (Å²) in [5.74, 6) is 1.26. The van der Waals surface area contributed by atoms with Crippen molar-refractivity contribution in [3.8, 4) is 5.75 Å². The number of hydrogen-bond donors (Lipinski definition) is 2. The van der Waals surface area contributed by atoms with Gasteiger partial charge in [0.15, 0.2) is 5.82 Å². The summed E-state index contributed by atoms with van der Waals surface area (Å²) in [6.45, 7) is 5.04. The summed E-state index contributed by atoms with van der Waals surface area (Å²) >= 11 is 0. The van der Waals surface area contributed by atoms with Crippen LogP contribution in [0.15, 0.2) is 41.5 Å². The largest absolute Gasteiger partial charge is 0.491 e. The number of piperazine rings is 1. The minimum absolute atomic E-state index is 0.137. The highest BCUT2D eigenvalue weighted by atomic mass is 16.5. The van der Waals surface area contributed by atoms with Crippen molar-refractivity contribution >= 4 is 5.82 Å². The van der Waals surface area contributed by atoms with Crippen LogP contribution >= 0.6 is 0 Å². The lowest BCUT2D eigenvalue weighted by Crippen LogP contribution is -2.47. The maximum Gasteiger partial charge on any atom is 0.290 e. The first-order valence-electron chi connectivity index (χ1n) is 9.57. The van der Waals surface area contributed by atoms with E-state index >= 15 is 0 Å². The van der Waals surface area contributed by atoms with E-state index in [9.17, 15) is 9.90 Å². The highest BCUT2D eigenvalue weighted by Gasteiger charge is 2.20. The number of ether oxygens (including phenoxy) is 1. The number of nitrogens with zero attached hydrogens (tertiary/aromatic N) is 4. The van der Waals surface area contributed by atoms with Crippen LogP contribution in [-0.4, -0.2) is 84.4 Å². The second-order valence-corrected chi connectivity index (χ2v) is 7.38. The molecule has 1 aromatic carbocycles. The molecule has 1 atom stereocenters. The number of benzene rings is 1. The van der Waals surface area contributed by atoms with E-state index < -0.39 is 6.10 Å². The summed E-state index contributed by atoms with van der Waals surface area (Å²) in [5, 5.41) is 9.87. The molecule has 0 spiro atoms. The number of aromatic nitrogens is 2. The molecule has 8 nitrogen and oxygen atoms in total. The lowest BCUT2D eigenvalue weighted by Gasteiger charge is -2.34. The van der Waals surface area contributed by atoms with Gasteiger partial charge in [-0.15, -0.1) is 0 Å². The lowest BCUT2D eigenvalue weighted by molar-refractivity contribution is 0.0831. The van der Waals surface area contributed by atoms with Gasteiger partial charge in [-0.3, -0.25) is 9.69 Å². The average molecular weight is 387 g/mol. The zero-order valence-corrected chi connectivity index (χ0v) is 16.5. The van der Waals surface area contributed by atoms with Gasteiger partial charge in [-0.2, -0.15) is 0 Å². The Morgan fingerprint density at radius 1 is 1.21 bits per heavy atom. The minimum atomic E-state index is -0.502. The first kappa shape index (κ1) is 20.3. The summed E-state index contributed by atoms with van der Waals surface area (Å²) in [4.78, 5) is 25.1. The van der Waals surface area contributed by atoms with Crippen LogP contribution in [0.25, 0.3) is 0 Å². The van der Waals surface area contributed by atoms with Gasteiger partial charge in [-0.1, -0.05) is 12.1 Å². The third-order valence-electron chi connectivity index (χ3n) is 4.71. The molecular formula is C20H29N5O3. The van der Waals surface area contributed by atoms with Crippen molar-refractivity contribution in [3.05, 3.63) is 52.6 Å². The molecule has 152 valence electrons. The van der Waals surface area contributed by atoms with Crippen LogP contribution in [0, 0.1) is 0 Å². The molecule has 0 bridgehead atoms. The molecular weight excluding hydrogens is 358 g/mol. The first-order chi connectivity index (χ1) is 13.5. The number of aromatic amines is 1. The van der Waals surface area contributed by atoms with Crippen LogP contribution in [0.3, 0.4) is 0 Å². The summed E-state index contributed by atoms with van der Waals surface area (Å²) in [6, 6.07) is 8.01. The summed E-state index contributed by atoms with van der Waals surface area (Å²) in [5.41, 5.74) is 1.08. The molecule has 0 unspecified atom stereocenters. The van der Waals surface area contributed by atoms with Gasteiger partial charge in [-0.05, 0) is 31.8 Å². The third kappa shape index (κ3) is 5.79. The van der Waals surface area contributed by atoms with Crippen molar-refractivity contribution in [1.82, 2.24) is 19.8 Å². The van der Waals surface area contributed by atoms with Crippen LogP contribution in [0.5, 0.6) is 5.75 Å². The fourth-order valence-electron chi connectivity index (χ4n) is 3.30. The van der Waals surface area contributed by atoms with E-state index in [1.807, 2.05) is 36.0 Å². The van der Waals surface area contributed by atoms with Gasteiger partial charge in [-0.25, -0.2) is 4.98 Å². The van der Waals surface area contributed by atoms with E-state index in [1.165, 1.54) is 5.56 Å². The van der Waals surface area contributed by atoms with Gasteiger partial charge in [0, 0.05) is 51.7 Å². The molecule has 1 saturated heterocycles. The van der Waals surface area contributed by atoms with Crippen LogP contribution < -0.4 is 15.2 Å². The van der Waals surface area contributed by atoms with E-state index in [1.54, 1.807) is 12.4 Å². The fraction of sp³-hybridized carbons (Fsp3) is 0.500. The monoisotopic (exact) mass is 387 g/mol.